The molecule has 0 aliphatic carbocycles. The largest absolute Gasteiger partial charge is 0.480 e. The Labute approximate surface area is 152 Å². The zero-order valence-electron chi connectivity index (χ0n) is 13.4. The molecule has 0 unspecified atom stereocenters. The van der Waals surface area contributed by atoms with Crippen LogP contribution in [-0.4, -0.2) is 67.2 Å². The number of likely N-dealkylation sites (tertiary alicyclic amines) is 1. The number of hydrogen-bond donors (Lipinski definition) is 6. The predicted molar refractivity (Wildman–Crippen MR) is 85.1 cm³/mol. The summed E-state index contributed by atoms with van der Waals surface area (Å²) in [7, 11) is 0. The minimum absolute atomic E-state index is 0.0200. The van der Waals surface area contributed by atoms with Crippen molar-refractivity contribution in [3.05, 3.63) is 34.6 Å². The summed E-state index contributed by atoms with van der Waals surface area (Å²) in [6.45, 7) is -1.21. The number of carboxylic acid groups (broad SMARTS) is 1. The Morgan fingerprint density at radius 3 is 2.27 bits per heavy atom. The molecule has 0 atom stereocenters. The molecule has 1 aromatic carbocycles. The van der Waals surface area contributed by atoms with Gasteiger partial charge in [-0.2, -0.15) is 4.90 Å². The van der Waals surface area contributed by atoms with Crippen molar-refractivity contribution in [3.63, 3.8) is 0 Å². The van der Waals surface area contributed by atoms with Crippen molar-refractivity contribution in [3.8, 4) is 0 Å². The van der Waals surface area contributed by atoms with Gasteiger partial charge in [0.25, 0.3) is 5.91 Å². The molecule has 1 saturated heterocycles. The summed E-state index contributed by atoms with van der Waals surface area (Å²) in [5.74, 6) is -9.31. The summed E-state index contributed by atoms with van der Waals surface area (Å²) in [6, 6.07) is 3.22. The molecule has 1 heterocycles. The second kappa shape index (κ2) is 7.43. The fraction of sp³-hybridized carbons (Fsp3) is 0.467. The lowest BCUT2D eigenvalue weighted by Crippen LogP contribution is -2.67. The lowest BCUT2D eigenvalue weighted by Gasteiger charge is -2.48. The van der Waals surface area contributed by atoms with E-state index in [4.69, 9.17) is 16.7 Å². The minimum atomic E-state index is -2.81. The first-order valence-electron chi connectivity index (χ1n) is 7.54. The molecule has 144 valence electrons. The highest BCUT2D eigenvalue weighted by molar-refractivity contribution is 6.31. The zero-order chi connectivity index (χ0) is 19.7. The van der Waals surface area contributed by atoms with Crippen molar-refractivity contribution >= 4 is 23.5 Å². The molecular weight excluding hydrogens is 375 g/mol. The van der Waals surface area contributed by atoms with Crippen LogP contribution in [0.25, 0.3) is 0 Å². The molecule has 0 aromatic heterocycles. The highest BCUT2D eigenvalue weighted by atomic mass is 35.5. The Hall–Kier alpha value is -1.82. The monoisotopic (exact) mass is 392 g/mol. The minimum Gasteiger partial charge on any atom is -0.480 e. The molecule has 1 aliphatic rings. The third-order valence-corrected chi connectivity index (χ3v) is 4.18. The Kier molecular flexibility index (Phi) is 5.85. The first-order valence-corrected chi connectivity index (χ1v) is 7.92. The molecule has 0 spiro atoms. The van der Waals surface area contributed by atoms with E-state index >= 15 is 0 Å². The quantitative estimate of drug-likeness (QED) is 0.359. The number of carbonyl (C=O) groups excluding carboxylic acids is 1. The first kappa shape index (κ1) is 20.5. The van der Waals surface area contributed by atoms with E-state index in [0.29, 0.717) is 0 Å². The van der Waals surface area contributed by atoms with E-state index in [1.165, 1.54) is 6.07 Å². The van der Waals surface area contributed by atoms with E-state index in [2.05, 4.69) is 5.32 Å². The molecule has 1 amide bonds. The van der Waals surface area contributed by atoms with Gasteiger partial charge in [0, 0.05) is 30.0 Å². The van der Waals surface area contributed by atoms with Gasteiger partial charge in [-0.05, 0) is 24.1 Å². The number of rotatable bonds is 5. The van der Waals surface area contributed by atoms with Crippen molar-refractivity contribution < 1.29 is 39.5 Å². The summed E-state index contributed by atoms with van der Waals surface area (Å²) in [4.78, 5) is 23.0. The predicted octanol–water partition coefficient (Wildman–Crippen LogP) is -0.718. The Balaban J connectivity index is 2.05. The van der Waals surface area contributed by atoms with Crippen LogP contribution in [-0.2, 0) is 4.79 Å². The molecule has 0 saturated carbocycles. The highest BCUT2D eigenvalue weighted by Gasteiger charge is 2.53. The lowest BCUT2D eigenvalue weighted by atomic mass is 9.90. The third kappa shape index (κ3) is 4.87. The Morgan fingerprint density at radius 1 is 1.19 bits per heavy atom. The van der Waals surface area contributed by atoms with Crippen molar-refractivity contribution in [2.75, 3.05) is 13.1 Å². The molecule has 0 radical (unpaired) electrons. The Bertz CT molecular complexity index is 675. The average molecular weight is 393 g/mol. The van der Waals surface area contributed by atoms with Crippen molar-refractivity contribution in [2.24, 2.45) is 5.92 Å². The average Bonchev–Trinajstić information content (AvgIpc) is 2.46. The van der Waals surface area contributed by atoms with E-state index < -0.39 is 54.8 Å². The van der Waals surface area contributed by atoms with E-state index in [-0.39, 0.29) is 22.0 Å². The highest BCUT2D eigenvalue weighted by Crippen LogP contribution is 2.36. The summed E-state index contributed by atoms with van der Waals surface area (Å²) in [5.41, 5.74) is -0.0585. The first-order chi connectivity index (χ1) is 11.9. The lowest BCUT2D eigenvalue weighted by molar-refractivity contribution is -0.410. The van der Waals surface area contributed by atoms with E-state index in [1.54, 1.807) is 0 Å². The standard InChI is InChI=1S/C15H18ClFN2O7/c16-10-1-9(2-11(17)3-10)13(22)18-6-8-4-14(23,24)19(7-12(20)21)15(25,26)5-8/h1-3,8,23-26H,4-7H2,(H,18,22)(H,20,21). The number of aliphatic carboxylic acids is 1. The van der Waals surface area contributed by atoms with Crippen LogP contribution in [0.3, 0.4) is 0 Å². The number of carbonyl (C=O) groups is 2. The van der Waals surface area contributed by atoms with Crippen LogP contribution < -0.4 is 5.32 Å². The summed E-state index contributed by atoms with van der Waals surface area (Å²) in [6.07, 6.45) is -0.902. The molecular formula is C15H18ClFN2O7. The van der Waals surface area contributed by atoms with Crippen molar-refractivity contribution in [2.45, 2.75) is 24.7 Å². The topological polar surface area (TPSA) is 151 Å². The molecule has 26 heavy (non-hydrogen) atoms. The van der Waals surface area contributed by atoms with Crippen LogP contribution in [0.1, 0.15) is 23.2 Å². The second-order valence-electron chi connectivity index (χ2n) is 6.17. The Morgan fingerprint density at radius 2 is 1.77 bits per heavy atom. The van der Waals surface area contributed by atoms with Gasteiger partial charge in [0.2, 0.25) is 11.8 Å². The van der Waals surface area contributed by atoms with E-state index in [9.17, 15) is 34.4 Å². The van der Waals surface area contributed by atoms with Crippen LogP contribution in [0.5, 0.6) is 0 Å². The molecule has 0 bridgehead atoms. The number of nitrogens with zero attached hydrogens (tertiary/aromatic N) is 1. The summed E-state index contributed by atoms with van der Waals surface area (Å²) >= 11 is 5.67. The smallest absolute Gasteiger partial charge is 0.318 e. The number of amides is 1. The second-order valence-corrected chi connectivity index (χ2v) is 6.61. The fourth-order valence-electron chi connectivity index (χ4n) is 2.91. The number of hydrogen-bond acceptors (Lipinski definition) is 7. The maximum Gasteiger partial charge on any atom is 0.318 e. The molecule has 1 aromatic rings. The van der Waals surface area contributed by atoms with Gasteiger partial charge in [0.05, 0.1) is 0 Å². The number of piperidine rings is 1. The number of carboxylic acids is 1. The van der Waals surface area contributed by atoms with Crippen LogP contribution >= 0.6 is 11.6 Å². The van der Waals surface area contributed by atoms with Gasteiger partial charge in [-0.1, -0.05) is 11.6 Å². The number of halogens is 2. The van der Waals surface area contributed by atoms with Crippen LogP contribution in [0.4, 0.5) is 4.39 Å². The van der Waals surface area contributed by atoms with E-state index in [1.807, 2.05) is 0 Å². The molecule has 1 aliphatic heterocycles. The van der Waals surface area contributed by atoms with Gasteiger partial charge >= 0.3 is 5.97 Å². The molecule has 6 N–H and O–H groups in total. The molecule has 2 rings (SSSR count). The molecule has 1 fully saturated rings. The van der Waals surface area contributed by atoms with Crippen molar-refractivity contribution in [1.82, 2.24) is 10.2 Å². The van der Waals surface area contributed by atoms with E-state index in [0.717, 1.165) is 12.1 Å². The van der Waals surface area contributed by atoms with Crippen LogP contribution in [0.15, 0.2) is 18.2 Å². The SMILES string of the molecule is O=C(O)CN1C(O)(O)CC(CNC(=O)c2cc(F)cc(Cl)c2)CC1(O)O. The van der Waals surface area contributed by atoms with Gasteiger partial charge in [0.1, 0.15) is 12.4 Å². The zero-order valence-corrected chi connectivity index (χ0v) is 14.1. The summed E-state index contributed by atoms with van der Waals surface area (Å²) in [5, 5.41) is 51.0. The van der Waals surface area contributed by atoms with Gasteiger partial charge in [-0.25, -0.2) is 4.39 Å². The fourth-order valence-corrected chi connectivity index (χ4v) is 3.13. The van der Waals surface area contributed by atoms with Gasteiger partial charge in [-0.15, -0.1) is 0 Å². The maximum absolute atomic E-state index is 13.3. The van der Waals surface area contributed by atoms with Crippen molar-refractivity contribution in [1.29, 1.82) is 0 Å². The maximum atomic E-state index is 13.3. The van der Waals surface area contributed by atoms with Crippen LogP contribution in [0, 0.1) is 11.7 Å². The van der Waals surface area contributed by atoms with Gasteiger partial charge < -0.3 is 30.8 Å². The van der Waals surface area contributed by atoms with Gasteiger partial charge in [0.15, 0.2) is 0 Å². The summed E-state index contributed by atoms with van der Waals surface area (Å²) < 4.78 is 13.3. The third-order valence-electron chi connectivity index (χ3n) is 3.96. The number of benzene rings is 1. The molecule has 9 nitrogen and oxygen atoms in total. The van der Waals surface area contributed by atoms with Crippen LogP contribution in [0.2, 0.25) is 5.02 Å². The number of aliphatic hydroxyl groups is 4. The number of nitrogens with one attached hydrogen (secondary N) is 1. The normalized spacial score (nSPS) is 19.9. The molecule has 11 heteroatoms. The van der Waals surface area contributed by atoms with Gasteiger partial charge in [-0.3, -0.25) is 9.59 Å².